The van der Waals surface area contributed by atoms with E-state index in [0.717, 1.165) is 35.4 Å². The number of ketones is 1. The molecule has 0 aliphatic rings. The number of carbonyl (C=O) groups is 3. The summed E-state index contributed by atoms with van der Waals surface area (Å²) in [6, 6.07) is 13.0. The molecule has 2 N–H and O–H groups in total. The number of amides is 2. The first-order valence-electron chi connectivity index (χ1n) is 12.7. The Hall–Kier alpha value is -4.21. The lowest BCUT2D eigenvalue weighted by Gasteiger charge is -2.21. The molecule has 7 nitrogen and oxygen atoms in total. The number of halogens is 3. The summed E-state index contributed by atoms with van der Waals surface area (Å²) in [6.45, 7) is 9.06. The summed E-state index contributed by atoms with van der Waals surface area (Å²) in [4.78, 5) is 42.3. The van der Waals surface area contributed by atoms with Gasteiger partial charge < -0.3 is 10.1 Å². The van der Waals surface area contributed by atoms with Gasteiger partial charge in [0.25, 0.3) is 0 Å². The standard InChI is InChI=1S/C30H32F3N3O4/c1-18(2)13-23-15-20(11-12-34-23)19-7-6-8-21(14-19)26(37)17-27(38)35-25-16-22(30(31,32)33)9-10-24(25)36-28(39)40-29(3,4)5/h6-12,14-16,18H,13,17H2,1-5H3,(H,35,38)(H,36,39). The maximum Gasteiger partial charge on any atom is 0.416 e. The summed E-state index contributed by atoms with van der Waals surface area (Å²) in [7, 11) is 0. The van der Waals surface area contributed by atoms with Crippen LogP contribution in [-0.2, 0) is 22.1 Å². The number of ether oxygens (including phenoxy) is 1. The second-order valence-corrected chi connectivity index (χ2v) is 10.7. The van der Waals surface area contributed by atoms with E-state index in [-0.39, 0.29) is 16.9 Å². The lowest BCUT2D eigenvalue weighted by Crippen LogP contribution is -2.28. The van der Waals surface area contributed by atoms with Crippen LogP contribution < -0.4 is 10.6 Å². The van der Waals surface area contributed by atoms with E-state index in [1.165, 1.54) is 0 Å². The third-order valence-corrected chi connectivity index (χ3v) is 5.53. The fraction of sp³-hybridized carbons (Fsp3) is 0.333. The second kappa shape index (κ2) is 12.3. The van der Waals surface area contributed by atoms with Crippen molar-refractivity contribution in [3.8, 4) is 11.1 Å². The fourth-order valence-corrected chi connectivity index (χ4v) is 3.85. The minimum atomic E-state index is -4.69. The van der Waals surface area contributed by atoms with Crippen LogP contribution in [-0.4, -0.2) is 28.4 Å². The Morgan fingerprint density at radius 3 is 2.25 bits per heavy atom. The van der Waals surface area contributed by atoms with Crippen molar-refractivity contribution in [2.75, 3.05) is 10.6 Å². The van der Waals surface area contributed by atoms with Crippen LogP contribution in [0.1, 0.15) is 62.7 Å². The van der Waals surface area contributed by atoms with E-state index in [1.807, 2.05) is 18.2 Å². The van der Waals surface area contributed by atoms with Crippen LogP contribution in [0.15, 0.2) is 60.8 Å². The topological polar surface area (TPSA) is 97.4 Å². The van der Waals surface area contributed by atoms with Crippen LogP contribution in [0.5, 0.6) is 0 Å². The molecule has 40 heavy (non-hydrogen) atoms. The van der Waals surface area contributed by atoms with Gasteiger partial charge in [0, 0.05) is 17.5 Å². The Balaban J connectivity index is 1.79. The minimum Gasteiger partial charge on any atom is -0.444 e. The monoisotopic (exact) mass is 555 g/mol. The second-order valence-electron chi connectivity index (χ2n) is 10.7. The number of nitrogens with zero attached hydrogens (tertiary/aromatic N) is 1. The van der Waals surface area contributed by atoms with Crippen LogP contribution in [0.3, 0.4) is 0 Å². The Morgan fingerprint density at radius 1 is 0.900 bits per heavy atom. The molecule has 0 saturated heterocycles. The quantitative estimate of drug-likeness (QED) is 0.221. The first-order valence-corrected chi connectivity index (χ1v) is 12.7. The zero-order valence-electron chi connectivity index (χ0n) is 23.0. The number of alkyl halides is 3. The summed E-state index contributed by atoms with van der Waals surface area (Å²) in [5.41, 5.74) is 0.498. The molecule has 0 aliphatic carbocycles. The Kier molecular flexibility index (Phi) is 9.34. The molecule has 1 heterocycles. The number of aromatic nitrogens is 1. The van der Waals surface area contributed by atoms with E-state index in [1.54, 1.807) is 45.2 Å². The molecule has 0 spiro atoms. The number of nitrogens with one attached hydrogen (secondary N) is 2. The Bertz CT molecular complexity index is 1400. The summed E-state index contributed by atoms with van der Waals surface area (Å²) in [6.07, 6.45) is -3.73. The van der Waals surface area contributed by atoms with Gasteiger partial charge in [0.1, 0.15) is 5.60 Å². The molecule has 2 amide bonds. The van der Waals surface area contributed by atoms with Crippen LogP contribution in [0.25, 0.3) is 11.1 Å². The Morgan fingerprint density at radius 2 is 1.60 bits per heavy atom. The zero-order valence-corrected chi connectivity index (χ0v) is 23.0. The molecule has 0 atom stereocenters. The number of rotatable bonds is 8. The molecule has 0 radical (unpaired) electrons. The number of hydrogen-bond donors (Lipinski definition) is 2. The number of benzene rings is 2. The number of anilines is 2. The van der Waals surface area contributed by atoms with Crippen molar-refractivity contribution in [1.82, 2.24) is 4.98 Å². The molecular formula is C30H32F3N3O4. The zero-order chi connectivity index (χ0) is 29.7. The number of Topliss-reactive ketones (excluding diaryl/α,β-unsaturated/α-hetero) is 1. The molecular weight excluding hydrogens is 523 g/mol. The van der Waals surface area contributed by atoms with Gasteiger partial charge in [0.15, 0.2) is 5.78 Å². The molecule has 3 aromatic rings. The SMILES string of the molecule is CC(C)Cc1cc(-c2cccc(C(=O)CC(=O)Nc3cc(C(F)(F)F)ccc3NC(=O)OC(C)(C)C)c2)ccn1. The van der Waals surface area contributed by atoms with Crippen molar-refractivity contribution < 1.29 is 32.3 Å². The molecule has 1 aromatic heterocycles. The predicted molar refractivity (Wildman–Crippen MR) is 147 cm³/mol. The highest BCUT2D eigenvalue weighted by Gasteiger charge is 2.31. The molecule has 0 unspecified atom stereocenters. The molecule has 2 aromatic carbocycles. The molecule has 0 fully saturated rings. The minimum absolute atomic E-state index is 0.111. The van der Waals surface area contributed by atoms with Gasteiger partial charge >= 0.3 is 12.3 Å². The number of pyridine rings is 1. The van der Waals surface area contributed by atoms with Crippen LogP contribution in [0, 0.1) is 5.92 Å². The van der Waals surface area contributed by atoms with Gasteiger partial charge in [0.05, 0.1) is 23.4 Å². The largest absolute Gasteiger partial charge is 0.444 e. The molecule has 0 bridgehead atoms. The van der Waals surface area contributed by atoms with E-state index in [2.05, 4.69) is 29.5 Å². The molecule has 10 heteroatoms. The van der Waals surface area contributed by atoms with E-state index >= 15 is 0 Å². The van der Waals surface area contributed by atoms with Gasteiger partial charge in [-0.3, -0.25) is 19.9 Å². The lowest BCUT2D eigenvalue weighted by atomic mass is 9.99. The normalized spacial score (nSPS) is 11.7. The molecule has 3 rings (SSSR count). The van der Waals surface area contributed by atoms with Crippen LogP contribution >= 0.6 is 0 Å². The smallest absolute Gasteiger partial charge is 0.416 e. The fourth-order valence-electron chi connectivity index (χ4n) is 3.85. The van der Waals surface area contributed by atoms with Crippen LogP contribution in [0.2, 0.25) is 0 Å². The van der Waals surface area contributed by atoms with Crippen molar-refractivity contribution in [2.24, 2.45) is 5.92 Å². The average molecular weight is 556 g/mol. The van der Waals surface area contributed by atoms with E-state index < -0.39 is 41.5 Å². The molecule has 0 saturated carbocycles. The van der Waals surface area contributed by atoms with Gasteiger partial charge in [0.2, 0.25) is 5.91 Å². The van der Waals surface area contributed by atoms with Gasteiger partial charge in [-0.1, -0.05) is 32.0 Å². The van der Waals surface area contributed by atoms with Crippen molar-refractivity contribution in [3.05, 3.63) is 77.6 Å². The number of carbonyl (C=O) groups excluding carboxylic acids is 3. The molecule has 212 valence electrons. The average Bonchev–Trinajstić information content (AvgIpc) is 2.83. The van der Waals surface area contributed by atoms with E-state index in [9.17, 15) is 27.6 Å². The first-order chi connectivity index (χ1) is 18.6. The number of hydrogen-bond acceptors (Lipinski definition) is 5. The highest BCUT2D eigenvalue weighted by molar-refractivity contribution is 6.12. The van der Waals surface area contributed by atoms with Crippen molar-refractivity contribution in [3.63, 3.8) is 0 Å². The highest BCUT2D eigenvalue weighted by Crippen LogP contribution is 2.34. The Labute approximate surface area is 231 Å². The van der Waals surface area contributed by atoms with E-state index in [4.69, 9.17) is 4.74 Å². The van der Waals surface area contributed by atoms with Gasteiger partial charge in [-0.25, -0.2) is 4.79 Å². The summed E-state index contributed by atoms with van der Waals surface area (Å²) >= 11 is 0. The van der Waals surface area contributed by atoms with Crippen molar-refractivity contribution in [1.29, 1.82) is 0 Å². The maximum atomic E-state index is 13.3. The summed E-state index contributed by atoms with van der Waals surface area (Å²) in [5.74, 6) is -0.944. The van der Waals surface area contributed by atoms with E-state index in [0.29, 0.717) is 12.0 Å². The van der Waals surface area contributed by atoms with Gasteiger partial charge in [-0.05, 0) is 80.6 Å². The maximum absolute atomic E-state index is 13.3. The predicted octanol–water partition coefficient (Wildman–Crippen LogP) is 7.52. The van der Waals surface area contributed by atoms with Gasteiger partial charge in [-0.15, -0.1) is 0 Å². The first kappa shape index (κ1) is 30.3. The highest BCUT2D eigenvalue weighted by atomic mass is 19.4. The van der Waals surface area contributed by atoms with Crippen LogP contribution in [0.4, 0.5) is 29.3 Å². The third kappa shape index (κ3) is 8.93. The summed E-state index contributed by atoms with van der Waals surface area (Å²) in [5, 5.41) is 4.67. The van der Waals surface area contributed by atoms with Crippen molar-refractivity contribution in [2.45, 2.75) is 59.2 Å². The van der Waals surface area contributed by atoms with Gasteiger partial charge in [-0.2, -0.15) is 13.2 Å². The van der Waals surface area contributed by atoms with Crippen molar-refractivity contribution >= 4 is 29.2 Å². The summed E-state index contributed by atoms with van der Waals surface area (Å²) < 4.78 is 45.2. The third-order valence-electron chi connectivity index (χ3n) is 5.53. The lowest BCUT2D eigenvalue weighted by molar-refractivity contribution is -0.137. The molecule has 0 aliphatic heterocycles.